The Balaban J connectivity index is 2.52. The number of nitrogens with zero attached hydrogens (tertiary/aromatic N) is 1. The number of nitro benzene ring substituents is 1. The number of amides is 1. The minimum atomic E-state index is -0.704. The summed E-state index contributed by atoms with van der Waals surface area (Å²) < 4.78 is 0. The Morgan fingerprint density at radius 2 is 2.16 bits per heavy atom. The van der Waals surface area contributed by atoms with Gasteiger partial charge in [-0.05, 0) is 31.2 Å². The summed E-state index contributed by atoms with van der Waals surface area (Å²) in [5.41, 5.74) is 6.18. The molecule has 2 rings (SSSR count). The topological polar surface area (TPSA) is 106 Å². The van der Waals surface area contributed by atoms with Crippen LogP contribution in [0.25, 0.3) is 0 Å². The molecule has 1 fully saturated rings. The quantitative estimate of drug-likeness (QED) is 0.594. The number of aliphatic hydroxyl groups is 1. The van der Waals surface area contributed by atoms with Gasteiger partial charge in [0, 0.05) is 29.7 Å². The van der Waals surface area contributed by atoms with Crippen LogP contribution in [-0.4, -0.2) is 22.5 Å². The number of carbonyl (C=O) groups is 1. The van der Waals surface area contributed by atoms with Crippen LogP contribution in [0.15, 0.2) is 12.1 Å². The summed E-state index contributed by atoms with van der Waals surface area (Å²) in [5.74, 6) is -0.204. The zero-order chi connectivity index (χ0) is 14.0. The molecule has 0 saturated heterocycles. The molecule has 1 aliphatic rings. The summed E-state index contributed by atoms with van der Waals surface area (Å²) in [6, 6.07) is 3.13. The predicted octanol–water partition coefficient (Wildman–Crippen LogP) is 1.18. The molecule has 1 aromatic carbocycles. The first-order valence-corrected chi connectivity index (χ1v) is 6.24. The van der Waals surface area contributed by atoms with Gasteiger partial charge < -0.3 is 10.8 Å². The van der Waals surface area contributed by atoms with Crippen molar-refractivity contribution in [2.75, 3.05) is 6.61 Å². The van der Waals surface area contributed by atoms with Crippen LogP contribution < -0.4 is 5.73 Å². The molecule has 3 N–H and O–H groups in total. The van der Waals surface area contributed by atoms with Crippen LogP contribution >= 0.6 is 0 Å². The van der Waals surface area contributed by atoms with Crippen molar-refractivity contribution >= 4 is 11.6 Å². The van der Waals surface area contributed by atoms with Gasteiger partial charge in [0.25, 0.3) is 5.69 Å². The number of primary amides is 1. The summed E-state index contributed by atoms with van der Waals surface area (Å²) in [5, 5.41) is 20.3. The molecule has 0 aliphatic heterocycles. The second kappa shape index (κ2) is 5.36. The zero-order valence-corrected chi connectivity index (χ0v) is 10.5. The number of aliphatic hydroxyl groups excluding tert-OH is 1. The van der Waals surface area contributed by atoms with E-state index in [2.05, 4.69) is 0 Å². The average molecular weight is 264 g/mol. The van der Waals surface area contributed by atoms with Gasteiger partial charge in [0.05, 0.1) is 4.92 Å². The lowest BCUT2D eigenvalue weighted by Gasteiger charge is -2.10. The maximum absolute atomic E-state index is 11.3. The van der Waals surface area contributed by atoms with Gasteiger partial charge in [-0.25, -0.2) is 0 Å². The van der Waals surface area contributed by atoms with Crippen molar-refractivity contribution in [3.63, 3.8) is 0 Å². The fourth-order valence-electron chi connectivity index (χ4n) is 2.31. The first-order chi connectivity index (χ1) is 9.04. The van der Waals surface area contributed by atoms with Crippen molar-refractivity contribution in [3.05, 3.63) is 38.9 Å². The van der Waals surface area contributed by atoms with Crippen molar-refractivity contribution in [2.45, 2.75) is 25.7 Å². The van der Waals surface area contributed by atoms with E-state index in [0.717, 1.165) is 12.8 Å². The van der Waals surface area contributed by atoms with E-state index in [9.17, 15) is 14.9 Å². The number of nitrogens with two attached hydrogens (primary N) is 1. The Morgan fingerprint density at radius 3 is 2.63 bits per heavy atom. The van der Waals surface area contributed by atoms with Gasteiger partial charge in [-0.3, -0.25) is 14.9 Å². The fourth-order valence-corrected chi connectivity index (χ4v) is 2.31. The van der Waals surface area contributed by atoms with Crippen LogP contribution in [0, 0.1) is 16.0 Å². The lowest BCUT2D eigenvalue weighted by atomic mass is 9.95. The maximum Gasteiger partial charge on any atom is 0.276 e. The minimum absolute atomic E-state index is 0.0581. The molecule has 102 valence electrons. The van der Waals surface area contributed by atoms with E-state index in [1.165, 1.54) is 6.07 Å². The summed E-state index contributed by atoms with van der Waals surface area (Å²) >= 11 is 0. The van der Waals surface area contributed by atoms with Gasteiger partial charge in [0.1, 0.15) is 0 Å². The Morgan fingerprint density at radius 1 is 1.47 bits per heavy atom. The molecule has 1 aromatic rings. The van der Waals surface area contributed by atoms with E-state index >= 15 is 0 Å². The third-order valence-electron chi connectivity index (χ3n) is 3.38. The van der Waals surface area contributed by atoms with Gasteiger partial charge in [-0.15, -0.1) is 0 Å². The Bertz CT molecular complexity index is 524. The molecular formula is C13H16N2O4. The molecule has 0 bridgehead atoms. The van der Waals surface area contributed by atoms with E-state index in [-0.39, 0.29) is 29.8 Å². The first-order valence-electron chi connectivity index (χ1n) is 6.24. The summed E-state index contributed by atoms with van der Waals surface area (Å²) in [7, 11) is 0. The SMILES string of the molecule is NC(=O)c1ccc(CC2CC2)c([N+](=O)[O-])c1CCO. The Labute approximate surface area is 110 Å². The average Bonchev–Trinajstić information content (AvgIpc) is 3.12. The highest BCUT2D eigenvalue weighted by Crippen LogP contribution is 2.37. The van der Waals surface area contributed by atoms with E-state index < -0.39 is 10.8 Å². The molecule has 0 heterocycles. The second-order valence-corrected chi connectivity index (χ2v) is 4.84. The van der Waals surface area contributed by atoms with Crippen LogP contribution in [0.2, 0.25) is 0 Å². The monoisotopic (exact) mass is 264 g/mol. The number of hydrogen-bond donors (Lipinski definition) is 2. The molecule has 0 unspecified atom stereocenters. The van der Waals surface area contributed by atoms with E-state index in [4.69, 9.17) is 10.8 Å². The number of nitro groups is 1. The van der Waals surface area contributed by atoms with Gasteiger partial charge >= 0.3 is 0 Å². The Hall–Kier alpha value is -1.95. The van der Waals surface area contributed by atoms with Crippen molar-refractivity contribution in [3.8, 4) is 0 Å². The Kier molecular flexibility index (Phi) is 3.80. The molecule has 19 heavy (non-hydrogen) atoms. The molecule has 0 atom stereocenters. The molecule has 0 spiro atoms. The third kappa shape index (κ3) is 2.90. The van der Waals surface area contributed by atoms with Crippen LogP contribution in [-0.2, 0) is 12.8 Å². The molecule has 1 saturated carbocycles. The normalized spacial score (nSPS) is 14.4. The smallest absolute Gasteiger partial charge is 0.276 e. The molecular weight excluding hydrogens is 248 g/mol. The molecule has 0 radical (unpaired) electrons. The standard InChI is InChI=1S/C13H16N2O4/c14-13(17)11-4-3-9(7-8-1-2-8)12(15(18)19)10(11)5-6-16/h3-4,8,16H,1-2,5-7H2,(H2,14,17). The molecule has 1 aliphatic carbocycles. The fraction of sp³-hybridized carbons (Fsp3) is 0.462. The van der Waals surface area contributed by atoms with Crippen LogP contribution in [0.3, 0.4) is 0 Å². The summed E-state index contributed by atoms with van der Waals surface area (Å²) in [6.07, 6.45) is 2.88. The minimum Gasteiger partial charge on any atom is -0.396 e. The van der Waals surface area contributed by atoms with Gasteiger partial charge in [-0.1, -0.05) is 6.07 Å². The van der Waals surface area contributed by atoms with Crippen LogP contribution in [0.1, 0.15) is 34.3 Å². The number of rotatable bonds is 6. The molecule has 0 aromatic heterocycles. The summed E-state index contributed by atoms with van der Waals surface area (Å²) in [4.78, 5) is 22.1. The lowest BCUT2D eigenvalue weighted by molar-refractivity contribution is -0.386. The van der Waals surface area contributed by atoms with E-state index in [1.807, 2.05) is 0 Å². The van der Waals surface area contributed by atoms with E-state index in [0.29, 0.717) is 17.9 Å². The number of benzene rings is 1. The largest absolute Gasteiger partial charge is 0.396 e. The molecule has 6 heteroatoms. The highest BCUT2D eigenvalue weighted by Gasteiger charge is 2.29. The van der Waals surface area contributed by atoms with Gasteiger partial charge in [0.2, 0.25) is 5.91 Å². The van der Waals surface area contributed by atoms with Crippen molar-refractivity contribution in [2.24, 2.45) is 11.7 Å². The second-order valence-electron chi connectivity index (χ2n) is 4.84. The highest BCUT2D eigenvalue weighted by atomic mass is 16.6. The van der Waals surface area contributed by atoms with E-state index in [1.54, 1.807) is 6.07 Å². The lowest BCUT2D eigenvalue weighted by Crippen LogP contribution is -2.16. The molecule has 6 nitrogen and oxygen atoms in total. The number of carbonyl (C=O) groups excluding carboxylic acids is 1. The number of hydrogen-bond acceptors (Lipinski definition) is 4. The predicted molar refractivity (Wildman–Crippen MR) is 68.8 cm³/mol. The zero-order valence-electron chi connectivity index (χ0n) is 10.5. The van der Waals surface area contributed by atoms with Gasteiger partial charge in [0.15, 0.2) is 0 Å². The molecule has 1 amide bonds. The van der Waals surface area contributed by atoms with Gasteiger partial charge in [-0.2, -0.15) is 0 Å². The van der Waals surface area contributed by atoms with Crippen molar-refractivity contribution in [1.29, 1.82) is 0 Å². The van der Waals surface area contributed by atoms with Crippen molar-refractivity contribution in [1.82, 2.24) is 0 Å². The first kappa shape index (κ1) is 13.5. The highest BCUT2D eigenvalue weighted by molar-refractivity contribution is 5.95. The maximum atomic E-state index is 11.3. The summed E-state index contributed by atoms with van der Waals surface area (Å²) in [6.45, 7) is -0.256. The van der Waals surface area contributed by atoms with Crippen molar-refractivity contribution < 1.29 is 14.8 Å². The third-order valence-corrected chi connectivity index (χ3v) is 3.38. The van der Waals surface area contributed by atoms with Crippen LogP contribution in [0.5, 0.6) is 0 Å². The van der Waals surface area contributed by atoms with Crippen LogP contribution in [0.4, 0.5) is 5.69 Å².